The second-order valence-corrected chi connectivity index (χ2v) is 4.62. The molecule has 4 unspecified atom stereocenters. The molecule has 3 heterocycles. The number of ether oxygens (including phenoxy) is 1. The summed E-state index contributed by atoms with van der Waals surface area (Å²) in [7, 11) is 0. The quantitative estimate of drug-likeness (QED) is 0.549. The summed E-state index contributed by atoms with van der Waals surface area (Å²) >= 11 is 0. The van der Waals surface area contributed by atoms with E-state index in [0.29, 0.717) is 17.9 Å². The number of carbonyl (C=O) groups excluding carboxylic acids is 1. The predicted molar refractivity (Wildman–Crippen MR) is 51.8 cm³/mol. The van der Waals surface area contributed by atoms with Crippen LogP contribution in [0, 0.1) is 11.8 Å². The summed E-state index contributed by atoms with van der Waals surface area (Å²) < 4.78 is 5.27. The second-order valence-electron chi connectivity index (χ2n) is 4.62. The van der Waals surface area contributed by atoms with Crippen molar-refractivity contribution < 1.29 is 9.53 Å². The number of cyclic esters (lactones) is 1. The topological polar surface area (TPSA) is 29.5 Å². The van der Waals surface area contributed by atoms with Gasteiger partial charge in [0.25, 0.3) is 0 Å². The third-order valence-electron chi connectivity index (χ3n) is 3.73. The van der Waals surface area contributed by atoms with E-state index in [-0.39, 0.29) is 12.2 Å². The van der Waals surface area contributed by atoms with E-state index in [9.17, 15) is 4.79 Å². The van der Waals surface area contributed by atoms with Crippen LogP contribution in [0.4, 0.5) is 4.79 Å². The summed E-state index contributed by atoms with van der Waals surface area (Å²) in [5.41, 5.74) is 0. The van der Waals surface area contributed by atoms with Crippen LogP contribution in [-0.2, 0) is 4.74 Å². The molecule has 4 atom stereocenters. The number of fused-ring (bicyclic) bond motifs is 1. The lowest BCUT2D eigenvalue weighted by Crippen LogP contribution is -2.39. The minimum absolute atomic E-state index is 0.0639. The summed E-state index contributed by atoms with van der Waals surface area (Å²) in [6, 6.07) is 0.297. The van der Waals surface area contributed by atoms with Crippen molar-refractivity contribution in [3.05, 3.63) is 12.2 Å². The number of hydrogen-bond acceptors (Lipinski definition) is 2. The summed E-state index contributed by atoms with van der Waals surface area (Å²) in [5.74, 6) is 1.09. The molecule has 14 heavy (non-hydrogen) atoms. The minimum atomic E-state index is -0.108. The molecule has 3 nitrogen and oxygen atoms in total. The van der Waals surface area contributed by atoms with Crippen LogP contribution in [0.5, 0.6) is 0 Å². The molecule has 0 aromatic carbocycles. The Hall–Kier alpha value is -0.990. The van der Waals surface area contributed by atoms with Gasteiger partial charge < -0.3 is 9.64 Å². The summed E-state index contributed by atoms with van der Waals surface area (Å²) in [6.45, 7) is 2.87. The van der Waals surface area contributed by atoms with Crippen molar-refractivity contribution in [1.29, 1.82) is 0 Å². The fourth-order valence-corrected chi connectivity index (χ4v) is 3.04. The molecule has 0 N–H and O–H groups in total. The lowest BCUT2D eigenvalue weighted by Gasteiger charge is -2.25. The van der Waals surface area contributed by atoms with Gasteiger partial charge >= 0.3 is 6.09 Å². The van der Waals surface area contributed by atoms with Crippen LogP contribution in [0.15, 0.2) is 12.2 Å². The van der Waals surface area contributed by atoms with Crippen LogP contribution < -0.4 is 0 Å². The second kappa shape index (κ2) is 2.75. The lowest BCUT2D eigenvalue weighted by atomic mass is 9.86. The van der Waals surface area contributed by atoms with Crippen molar-refractivity contribution in [2.24, 2.45) is 11.8 Å². The molecule has 4 rings (SSSR count). The van der Waals surface area contributed by atoms with Crippen LogP contribution in [0.2, 0.25) is 0 Å². The lowest BCUT2D eigenvalue weighted by molar-refractivity contribution is 0.132. The first-order valence-corrected chi connectivity index (χ1v) is 5.41. The highest BCUT2D eigenvalue weighted by atomic mass is 16.6. The Morgan fingerprint density at radius 1 is 1.43 bits per heavy atom. The molecule has 0 saturated carbocycles. The molecule has 0 aromatic heterocycles. The highest BCUT2D eigenvalue weighted by molar-refractivity contribution is 5.71. The molecule has 3 heteroatoms. The van der Waals surface area contributed by atoms with Gasteiger partial charge in [-0.15, -0.1) is 0 Å². The van der Waals surface area contributed by atoms with Gasteiger partial charge in [0.15, 0.2) is 0 Å². The van der Waals surface area contributed by atoms with E-state index >= 15 is 0 Å². The highest BCUT2D eigenvalue weighted by Gasteiger charge is 2.46. The summed E-state index contributed by atoms with van der Waals surface area (Å²) in [6.07, 6.45) is 6.97. The Balaban J connectivity index is 1.97. The van der Waals surface area contributed by atoms with Crippen LogP contribution in [0.3, 0.4) is 0 Å². The van der Waals surface area contributed by atoms with Crippen LogP contribution in [0.1, 0.15) is 19.8 Å². The standard InChI is InChI=1S/C11H15NO2/c1-7-10-9-4-2-8(3-5-9)6-12(10)11(13)14-7/h2,4,7-10H,3,5-6H2,1H3. The zero-order valence-electron chi connectivity index (χ0n) is 8.35. The van der Waals surface area contributed by atoms with Crippen LogP contribution in [-0.4, -0.2) is 29.7 Å². The fourth-order valence-electron chi connectivity index (χ4n) is 3.04. The number of carbonyl (C=O) groups is 1. The minimum Gasteiger partial charge on any atom is -0.444 e. The normalized spacial score (nSPS) is 44.9. The molecule has 2 fully saturated rings. The molecule has 2 saturated heterocycles. The van der Waals surface area contributed by atoms with E-state index < -0.39 is 0 Å². The Kier molecular flexibility index (Phi) is 1.64. The maximum atomic E-state index is 11.6. The van der Waals surface area contributed by atoms with Crippen molar-refractivity contribution >= 4 is 6.09 Å². The first-order valence-electron chi connectivity index (χ1n) is 5.41. The van der Waals surface area contributed by atoms with Crippen molar-refractivity contribution in [2.45, 2.75) is 31.9 Å². The van der Waals surface area contributed by atoms with Gasteiger partial charge in [0, 0.05) is 12.5 Å². The third kappa shape index (κ3) is 1.01. The average molecular weight is 193 g/mol. The zero-order chi connectivity index (χ0) is 9.71. The summed E-state index contributed by atoms with van der Waals surface area (Å²) in [4.78, 5) is 13.5. The van der Waals surface area contributed by atoms with Crippen molar-refractivity contribution in [3.8, 4) is 0 Å². The SMILES string of the molecule is CC1OC(=O)N2CC3C=CC(CC3)C12. The predicted octanol–water partition coefficient (Wildman–Crippen LogP) is 1.79. The Morgan fingerprint density at radius 2 is 2.29 bits per heavy atom. The van der Waals surface area contributed by atoms with Gasteiger partial charge in [-0.1, -0.05) is 12.2 Å². The molecule has 4 aliphatic rings. The number of rotatable bonds is 0. The van der Waals surface area contributed by atoms with E-state index in [2.05, 4.69) is 12.2 Å². The molecule has 3 aliphatic heterocycles. The Morgan fingerprint density at radius 3 is 3.00 bits per heavy atom. The first kappa shape index (κ1) is 8.33. The third-order valence-corrected chi connectivity index (χ3v) is 3.73. The maximum Gasteiger partial charge on any atom is 0.410 e. The van der Waals surface area contributed by atoms with Gasteiger partial charge in [-0.25, -0.2) is 4.79 Å². The van der Waals surface area contributed by atoms with Gasteiger partial charge in [-0.3, -0.25) is 0 Å². The molecular weight excluding hydrogens is 178 g/mol. The molecule has 0 aromatic rings. The maximum absolute atomic E-state index is 11.6. The van der Waals surface area contributed by atoms with Crippen molar-refractivity contribution in [3.63, 3.8) is 0 Å². The average Bonchev–Trinajstić information content (AvgIpc) is 2.40. The molecule has 0 radical (unpaired) electrons. The Bertz CT molecular complexity index is 300. The molecule has 1 amide bonds. The molecule has 1 aliphatic carbocycles. The first-order chi connectivity index (χ1) is 6.75. The molecular formula is C11H15NO2. The number of nitrogens with zero attached hydrogens (tertiary/aromatic N) is 1. The zero-order valence-corrected chi connectivity index (χ0v) is 8.35. The van der Waals surface area contributed by atoms with Gasteiger partial charge in [0.1, 0.15) is 6.10 Å². The fraction of sp³-hybridized carbons (Fsp3) is 0.727. The molecule has 2 bridgehead atoms. The Labute approximate surface area is 83.7 Å². The van der Waals surface area contributed by atoms with E-state index in [4.69, 9.17) is 4.74 Å². The highest BCUT2D eigenvalue weighted by Crippen LogP contribution is 2.38. The number of hydrogen-bond donors (Lipinski definition) is 0. The summed E-state index contributed by atoms with van der Waals surface area (Å²) in [5, 5.41) is 0. The molecule has 76 valence electrons. The van der Waals surface area contributed by atoms with Gasteiger partial charge in [0.05, 0.1) is 6.04 Å². The van der Waals surface area contributed by atoms with E-state index in [1.165, 1.54) is 12.8 Å². The van der Waals surface area contributed by atoms with Crippen LogP contribution >= 0.6 is 0 Å². The largest absolute Gasteiger partial charge is 0.444 e. The van der Waals surface area contributed by atoms with E-state index in [1.54, 1.807) is 0 Å². The van der Waals surface area contributed by atoms with E-state index in [1.807, 2.05) is 11.8 Å². The van der Waals surface area contributed by atoms with Crippen LogP contribution in [0.25, 0.3) is 0 Å². The molecule has 0 spiro atoms. The van der Waals surface area contributed by atoms with Gasteiger partial charge in [-0.2, -0.15) is 0 Å². The van der Waals surface area contributed by atoms with Gasteiger partial charge in [-0.05, 0) is 25.7 Å². The van der Waals surface area contributed by atoms with Gasteiger partial charge in [0.2, 0.25) is 0 Å². The van der Waals surface area contributed by atoms with Crippen molar-refractivity contribution in [2.75, 3.05) is 6.54 Å². The smallest absolute Gasteiger partial charge is 0.410 e. The monoisotopic (exact) mass is 193 g/mol. The van der Waals surface area contributed by atoms with E-state index in [0.717, 1.165) is 6.54 Å². The van der Waals surface area contributed by atoms with Crippen molar-refractivity contribution in [1.82, 2.24) is 4.90 Å². The number of amides is 1.